The number of benzene rings is 2. The predicted octanol–water partition coefficient (Wildman–Crippen LogP) is 3.51. The summed E-state index contributed by atoms with van der Waals surface area (Å²) in [6, 6.07) is 15.9. The fraction of sp³-hybridized carbons (Fsp3) is 0.167. The normalized spacial score (nSPS) is 11.7. The molecule has 7 nitrogen and oxygen atoms in total. The average Bonchev–Trinajstić information content (AvgIpc) is 2.81. The number of hydrogen-bond acceptors (Lipinski definition) is 7. The van der Waals surface area contributed by atoms with Crippen LogP contribution in [0.3, 0.4) is 0 Å². The molecule has 0 fully saturated rings. The van der Waals surface area contributed by atoms with Crippen molar-refractivity contribution in [3.63, 3.8) is 0 Å². The first-order valence-corrected chi connectivity index (χ1v) is 11.4. The second-order valence-electron chi connectivity index (χ2n) is 6.39. The Morgan fingerprint density at radius 2 is 1.66 bits per heavy atom. The molecule has 0 saturated heterocycles. The molecule has 0 spiro atoms. The van der Waals surface area contributed by atoms with Crippen LogP contribution < -0.4 is 4.74 Å². The van der Waals surface area contributed by atoms with Crippen LogP contribution in [0.25, 0.3) is 0 Å². The van der Waals surface area contributed by atoms with Gasteiger partial charge in [0.2, 0.25) is 9.84 Å². The van der Waals surface area contributed by atoms with Gasteiger partial charge >= 0.3 is 11.9 Å². The monoisotopic (exact) mass is 455 g/mol. The largest absolute Gasteiger partial charge is 0.461 e. The minimum Gasteiger partial charge on any atom is -0.461 e. The van der Waals surface area contributed by atoms with Crippen LogP contribution in [0, 0.1) is 0 Å². The molecular formula is C24H25NO6S. The first-order chi connectivity index (χ1) is 15.4. The maximum absolute atomic E-state index is 13.1. The lowest BCUT2D eigenvalue weighted by Crippen LogP contribution is -2.23. The van der Waals surface area contributed by atoms with E-state index < -0.39 is 26.7 Å². The van der Waals surface area contributed by atoms with Gasteiger partial charge in [-0.2, -0.15) is 0 Å². The topological polar surface area (TPSA) is 90.0 Å². The lowest BCUT2D eigenvalue weighted by molar-refractivity contribution is -0.138. The van der Waals surface area contributed by atoms with E-state index in [1.807, 2.05) is 6.92 Å². The highest BCUT2D eigenvalue weighted by molar-refractivity contribution is 7.96. The Bertz CT molecular complexity index is 1080. The van der Waals surface area contributed by atoms with Gasteiger partial charge in [0.05, 0.1) is 11.4 Å². The molecule has 0 saturated carbocycles. The minimum atomic E-state index is -4.12. The Morgan fingerprint density at radius 3 is 2.25 bits per heavy atom. The van der Waals surface area contributed by atoms with Crippen LogP contribution in [0.4, 0.5) is 0 Å². The summed E-state index contributed by atoms with van der Waals surface area (Å²) in [6.45, 7) is 6.31. The van der Waals surface area contributed by atoms with Gasteiger partial charge in [-0.3, -0.25) is 0 Å². The lowest BCUT2D eigenvalue weighted by Gasteiger charge is -2.17. The van der Waals surface area contributed by atoms with E-state index in [2.05, 4.69) is 6.58 Å². The van der Waals surface area contributed by atoms with Crippen molar-refractivity contribution in [3.8, 4) is 5.75 Å². The highest BCUT2D eigenvalue weighted by Crippen LogP contribution is 2.22. The van der Waals surface area contributed by atoms with Crippen molar-refractivity contribution in [1.29, 1.82) is 0 Å². The zero-order valence-corrected chi connectivity index (χ0v) is 18.5. The first-order valence-electron chi connectivity index (χ1n) is 9.87. The van der Waals surface area contributed by atoms with E-state index in [4.69, 9.17) is 9.47 Å². The number of sulfone groups is 1. The molecule has 0 unspecified atom stereocenters. The first kappa shape index (κ1) is 24.6. The number of allylic oxidation sites excluding steroid dienone is 2. The van der Waals surface area contributed by atoms with E-state index in [1.54, 1.807) is 59.6 Å². The molecule has 0 bridgehead atoms. The van der Waals surface area contributed by atoms with E-state index in [0.717, 1.165) is 6.08 Å². The summed E-state index contributed by atoms with van der Waals surface area (Å²) < 4.78 is 36.4. The quantitative estimate of drug-likeness (QED) is 0.222. The summed E-state index contributed by atoms with van der Waals surface area (Å²) >= 11 is 0. The number of para-hydroxylation sites is 1. The van der Waals surface area contributed by atoms with Crippen LogP contribution in [0.2, 0.25) is 0 Å². The smallest absolute Gasteiger partial charge is 0.355 e. The average molecular weight is 456 g/mol. The third-order valence-electron chi connectivity index (χ3n) is 4.24. The number of hydrogen-bond donors (Lipinski definition) is 0. The SMILES string of the molecule is C=CC(=O)OCCN(/C=C/C=C(C(=O)Oc1ccccc1)S(=O)(=O)c1ccccc1)CC. The number of carbonyl (C=O) groups is 2. The van der Waals surface area contributed by atoms with Gasteiger partial charge in [-0.15, -0.1) is 0 Å². The molecule has 0 aromatic heterocycles. The Hall–Kier alpha value is -3.65. The molecule has 0 N–H and O–H groups in total. The summed E-state index contributed by atoms with van der Waals surface area (Å²) in [5, 5.41) is 0. The van der Waals surface area contributed by atoms with Gasteiger partial charge in [0.15, 0.2) is 4.91 Å². The highest BCUT2D eigenvalue weighted by Gasteiger charge is 2.28. The molecule has 0 aliphatic heterocycles. The summed E-state index contributed by atoms with van der Waals surface area (Å²) in [5.41, 5.74) is 0. The lowest BCUT2D eigenvalue weighted by atomic mass is 10.3. The van der Waals surface area contributed by atoms with Crippen LogP contribution in [0.5, 0.6) is 5.75 Å². The molecule has 0 heterocycles. The highest BCUT2D eigenvalue weighted by atomic mass is 32.2. The van der Waals surface area contributed by atoms with E-state index in [9.17, 15) is 18.0 Å². The molecule has 0 amide bonds. The molecule has 168 valence electrons. The Kier molecular flexibility index (Phi) is 9.43. The Morgan fingerprint density at radius 1 is 1.03 bits per heavy atom. The van der Waals surface area contributed by atoms with Crippen LogP contribution in [0.15, 0.2) is 101 Å². The van der Waals surface area contributed by atoms with Crippen molar-refractivity contribution >= 4 is 21.8 Å². The van der Waals surface area contributed by atoms with Crippen molar-refractivity contribution < 1.29 is 27.5 Å². The van der Waals surface area contributed by atoms with E-state index >= 15 is 0 Å². The van der Waals surface area contributed by atoms with Crippen molar-refractivity contribution in [2.24, 2.45) is 0 Å². The maximum Gasteiger partial charge on any atom is 0.355 e. The zero-order chi connectivity index (χ0) is 23.4. The summed E-state index contributed by atoms with van der Waals surface area (Å²) in [5.74, 6) is -1.28. The van der Waals surface area contributed by atoms with Crippen LogP contribution in [-0.2, 0) is 24.2 Å². The predicted molar refractivity (Wildman–Crippen MR) is 121 cm³/mol. The molecule has 2 rings (SSSR count). The Labute approximate surface area is 188 Å². The maximum atomic E-state index is 13.1. The number of nitrogens with zero attached hydrogens (tertiary/aromatic N) is 1. The van der Waals surface area contributed by atoms with E-state index in [-0.39, 0.29) is 17.3 Å². The van der Waals surface area contributed by atoms with Crippen molar-refractivity contribution in [3.05, 3.63) is 96.6 Å². The van der Waals surface area contributed by atoms with Gasteiger partial charge in [0, 0.05) is 12.6 Å². The molecule has 0 radical (unpaired) electrons. The van der Waals surface area contributed by atoms with Crippen molar-refractivity contribution in [1.82, 2.24) is 4.90 Å². The molecular weight excluding hydrogens is 430 g/mol. The summed E-state index contributed by atoms with van der Waals surface area (Å²) in [6.07, 6.45) is 5.33. The second kappa shape index (κ2) is 12.3. The number of likely N-dealkylation sites (N-methyl/N-ethyl adjacent to an activating group) is 1. The van der Waals surface area contributed by atoms with Gasteiger partial charge in [-0.1, -0.05) is 43.0 Å². The third-order valence-corrected chi connectivity index (χ3v) is 6.01. The molecule has 0 aliphatic rings. The van der Waals surface area contributed by atoms with Gasteiger partial charge in [-0.25, -0.2) is 18.0 Å². The number of esters is 2. The second-order valence-corrected chi connectivity index (χ2v) is 8.31. The van der Waals surface area contributed by atoms with Gasteiger partial charge in [0.25, 0.3) is 0 Å². The molecule has 2 aromatic rings. The van der Waals surface area contributed by atoms with Crippen molar-refractivity contribution in [2.75, 3.05) is 19.7 Å². The van der Waals surface area contributed by atoms with Gasteiger partial charge < -0.3 is 14.4 Å². The minimum absolute atomic E-state index is 0.0200. The van der Waals surface area contributed by atoms with Gasteiger partial charge in [0.1, 0.15) is 12.4 Å². The fourth-order valence-corrected chi connectivity index (χ4v) is 3.84. The van der Waals surface area contributed by atoms with Crippen LogP contribution in [-0.4, -0.2) is 45.0 Å². The zero-order valence-electron chi connectivity index (χ0n) is 17.7. The summed E-state index contributed by atoms with van der Waals surface area (Å²) in [4.78, 5) is 25.2. The van der Waals surface area contributed by atoms with E-state index in [1.165, 1.54) is 24.3 Å². The molecule has 32 heavy (non-hydrogen) atoms. The fourth-order valence-electron chi connectivity index (χ4n) is 2.55. The summed E-state index contributed by atoms with van der Waals surface area (Å²) in [7, 11) is -4.12. The molecule has 0 aliphatic carbocycles. The van der Waals surface area contributed by atoms with Crippen LogP contribution in [0.1, 0.15) is 6.92 Å². The number of rotatable bonds is 11. The van der Waals surface area contributed by atoms with Crippen LogP contribution >= 0.6 is 0 Å². The standard InChI is InChI=1S/C24H25NO6S/c1-3-23(26)30-19-18-25(4-2)17-11-16-22(24(27)31-20-12-7-5-8-13-20)32(28,29)21-14-9-6-10-15-21/h3,5-17H,1,4,18-19H2,2H3/b17-11+,22-16?. The third kappa shape index (κ3) is 7.24. The van der Waals surface area contributed by atoms with E-state index in [0.29, 0.717) is 13.1 Å². The molecule has 8 heteroatoms. The van der Waals surface area contributed by atoms with Gasteiger partial charge in [-0.05, 0) is 49.5 Å². The molecule has 0 atom stereocenters. The van der Waals surface area contributed by atoms with Crippen molar-refractivity contribution in [2.45, 2.75) is 11.8 Å². The number of carbonyl (C=O) groups excluding carboxylic acids is 2. The Balaban J connectivity index is 2.27. The molecule has 2 aromatic carbocycles. The number of ether oxygens (including phenoxy) is 2.